The van der Waals surface area contributed by atoms with E-state index in [0.717, 1.165) is 12.0 Å². The quantitative estimate of drug-likeness (QED) is 0.617. The summed E-state index contributed by atoms with van der Waals surface area (Å²) in [6.07, 6.45) is 4.78. The summed E-state index contributed by atoms with van der Waals surface area (Å²) >= 11 is 0. The van der Waals surface area contributed by atoms with Crippen molar-refractivity contribution in [1.29, 1.82) is 0 Å². The third-order valence-corrected chi connectivity index (χ3v) is 2.29. The van der Waals surface area contributed by atoms with Crippen LogP contribution in [0.3, 0.4) is 0 Å². The zero-order valence-corrected chi connectivity index (χ0v) is 8.44. The molecule has 1 heteroatoms. The van der Waals surface area contributed by atoms with E-state index in [2.05, 4.69) is 6.92 Å². The normalized spacial score (nSPS) is 10.4. The molecule has 0 atom stereocenters. The Kier molecular flexibility index (Phi) is 3.94. The fraction of sp³-hybridized carbons (Fsp3) is 0.500. The Hall–Kier alpha value is -0.850. The molecule has 13 heavy (non-hydrogen) atoms. The second-order valence-corrected chi connectivity index (χ2v) is 3.54. The number of hydrogen-bond donors (Lipinski definition) is 0. The largest absolute Gasteiger partial charge is 0.207 e. The molecule has 72 valence electrons. The van der Waals surface area contributed by atoms with Gasteiger partial charge in [0.25, 0.3) is 0 Å². The maximum Gasteiger partial charge on any atom is 0.126 e. The topological polar surface area (TPSA) is 0 Å². The Morgan fingerprint density at radius 1 is 1.23 bits per heavy atom. The predicted molar refractivity (Wildman–Crippen MR) is 54.4 cm³/mol. The van der Waals surface area contributed by atoms with Crippen LogP contribution in [0.1, 0.15) is 37.3 Å². The number of rotatable bonds is 4. The Bertz CT molecular complexity index is 266. The smallest absolute Gasteiger partial charge is 0.126 e. The lowest BCUT2D eigenvalue weighted by Gasteiger charge is -2.02. The van der Waals surface area contributed by atoms with Crippen LogP contribution in [0.4, 0.5) is 4.39 Å². The number of unbranched alkanes of at least 4 members (excludes halogenated alkanes) is 2. The summed E-state index contributed by atoms with van der Waals surface area (Å²) < 4.78 is 12.9. The average Bonchev–Trinajstić information content (AvgIpc) is 2.12. The van der Waals surface area contributed by atoms with Gasteiger partial charge in [0.15, 0.2) is 0 Å². The van der Waals surface area contributed by atoms with Crippen LogP contribution < -0.4 is 0 Å². The van der Waals surface area contributed by atoms with E-state index in [9.17, 15) is 4.39 Å². The molecule has 0 unspecified atom stereocenters. The Morgan fingerprint density at radius 3 is 2.62 bits per heavy atom. The van der Waals surface area contributed by atoms with Gasteiger partial charge in [-0.15, -0.1) is 0 Å². The average molecular weight is 180 g/mol. The highest BCUT2D eigenvalue weighted by atomic mass is 19.1. The van der Waals surface area contributed by atoms with Gasteiger partial charge in [0.1, 0.15) is 5.82 Å². The molecule has 0 bridgehead atoms. The summed E-state index contributed by atoms with van der Waals surface area (Å²) in [6.45, 7) is 4.01. The van der Waals surface area contributed by atoms with Crippen molar-refractivity contribution < 1.29 is 4.39 Å². The molecular weight excluding hydrogens is 163 g/mol. The molecule has 1 rings (SSSR count). The van der Waals surface area contributed by atoms with Crippen LogP contribution >= 0.6 is 0 Å². The van der Waals surface area contributed by atoms with E-state index in [1.807, 2.05) is 19.1 Å². The van der Waals surface area contributed by atoms with Gasteiger partial charge in [-0.05, 0) is 37.0 Å². The lowest BCUT2D eigenvalue weighted by molar-refractivity contribution is 0.616. The first-order chi connectivity index (χ1) is 6.24. The van der Waals surface area contributed by atoms with Gasteiger partial charge in [-0.1, -0.05) is 31.9 Å². The fourth-order valence-corrected chi connectivity index (χ4v) is 1.44. The summed E-state index contributed by atoms with van der Waals surface area (Å²) in [6, 6.07) is 5.40. The van der Waals surface area contributed by atoms with Crippen LogP contribution in [0, 0.1) is 12.7 Å². The molecular formula is C12H17F. The van der Waals surface area contributed by atoms with Crippen molar-refractivity contribution in [2.24, 2.45) is 0 Å². The van der Waals surface area contributed by atoms with Crippen LogP contribution in [0.25, 0.3) is 0 Å². The summed E-state index contributed by atoms with van der Waals surface area (Å²) in [5.74, 6) is -0.0979. The van der Waals surface area contributed by atoms with Crippen molar-refractivity contribution >= 4 is 0 Å². The number of aryl methyl sites for hydroxylation is 2. The lowest BCUT2D eigenvalue weighted by Crippen LogP contribution is -1.89. The number of benzene rings is 1. The zero-order chi connectivity index (χ0) is 9.68. The first kappa shape index (κ1) is 10.2. The van der Waals surface area contributed by atoms with Crippen LogP contribution in [0.2, 0.25) is 0 Å². The Morgan fingerprint density at radius 2 is 2.00 bits per heavy atom. The van der Waals surface area contributed by atoms with E-state index in [4.69, 9.17) is 0 Å². The summed E-state index contributed by atoms with van der Waals surface area (Å²) in [5.41, 5.74) is 2.02. The molecule has 0 fully saturated rings. The van der Waals surface area contributed by atoms with Gasteiger partial charge >= 0.3 is 0 Å². The minimum absolute atomic E-state index is 0.0979. The molecule has 1 aromatic rings. The van der Waals surface area contributed by atoms with Crippen molar-refractivity contribution in [2.45, 2.75) is 39.5 Å². The minimum atomic E-state index is -0.0979. The van der Waals surface area contributed by atoms with Gasteiger partial charge in [0.05, 0.1) is 0 Å². The van der Waals surface area contributed by atoms with E-state index in [1.54, 1.807) is 6.07 Å². The van der Waals surface area contributed by atoms with Crippen molar-refractivity contribution in [3.05, 3.63) is 35.1 Å². The number of hydrogen-bond acceptors (Lipinski definition) is 0. The zero-order valence-electron chi connectivity index (χ0n) is 8.44. The van der Waals surface area contributed by atoms with E-state index < -0.39 is 0 Å². The first-order valence-electron chi connectivity index (χ1n) is 4.99. The Balaban J connectivity index is 2.53. The maximum atomic E-state index is 12.9. The monoisotopic (exact) mass is 180 g/mol. The molecule has 0 saturated heterocycles. The summed E-state index contributed by atoms with van der Waals surface area (Å²) in [4.78, 5) is 0. The van der Waals surface area contributed by atoms with Gasteiger partial charge in [-0.25, -0.2) is 4.39 Å². The Labute approximate surface area is 79.8 Å². The first-order valence-corrected chi connectivity index (χ1v) is 4.99. The molecule has 0 radical (unpaired) electrons. The standard InChI is InChI=1S/C12H17F/c1-3-4-5-6-11-7-8-12(13)10(2)9-11/h7-9H,3-6H2,1-2H3. The highest BCUT2D eigenvalue weighted by Gasteiger charge is 1.98. The van der Waals surface area contributed by atoms with E-state index in [-0.39, 0.29) is 5.82 Å². The fourth-order valence-electron chi connectivity index (χ4n) is 1.44. The highest BCUT2D eigenvalue weighted by Crippen LogP contribution is 2.11. The summed E-state index contributed by atoms with van der Waals surface area (Å²) in [7, 11) is 0. The molecule has 0 N–H and O–H groups in total. The van der Waals surface area contributed by atoms with Gasteiger partial charge in [0, 0.05) is 0 Å². The van der Waals surface area contributed by atoms with Gasteiger partial charge < -0.3 is 0 Å². The second kappa shape index (κ2) is 5.00. The van der Waals surface area contributed by atoms with Crippen LogP contribution in [0.15, 0.2) is 18.2 Å². The molecule has 0 spiro atoms. The van der Waals surface area contributed by atoms with E-state index in [1.165, 1.54) is 24.8 Å². The molecule has 0 aliphatic carbocycles. The molecule has 0 saturated carbocycles. The van der Waals surface area contributed by atoms with Crippen LogP contribution in [-0.2, 0) is 6.42 Å². The summed E-state index contributed by atoms with van der Waals surface area (Å²) in [5, 5.41) is 0. The molecule has 1 aromatic carbocycles. The molecule has 0 aliphatic rings. The molecule has 0 nitrogen and oxygen atoms in total. The predicted octanol–water partition coefficient (Wildman–Crippen LogP) is 3.87. The molecule has 0 heterocycles. The highest BCUT2D eigenvalue weighted by molar-refractivity contribution is 5.23. The van der Waals surface area contributed by atoms with Crippen molar-refractivity contribution in [1.82, 2.24) is 0 Å². The molecule has 0 aliphatic heterocycles. The van der Waals surface area contributed by atoms with Gasteiger partial charge in [0.2, 0.25) is 0 Å². The van der Waals surface area contributed by atoms with Gasteiger partial charge in [-0.3, -0.25) is 0 Å². The van der Waals surface area contributed by atoms with Crippen LogP contribution in [-0.4, -0.2) is 0 Å². The van der Waals surface area contributed by atoms with E-state index in [0.29, 0.717) is 0 Å². The third-order valence-electron chi connectivity index (χ3n) is 2.29. The van der Waals surface area contributed by atoms with Crippen molar-refractivity contribution in [2.75, 3.05) is 0 Å². The number of halogens is 1. The third kappa shape index (κ3) is 3.17. The lowest BCUT2D eigenvalue weighted by atomic mass is 10.0. The van der Waals surface area contributed by atoms with Crippen molar-refractivity contribution in [3.8, 4) is 0 Å². The van der Waals surface area contributed by atoms with Gasteiger partial charge in [-0.2, -0.15) is 0 Å². The SMILES string of the molecule is CCCCCc1ccc(F)c(C)c1. The second-order valence-electron chi connectivity index (χ2n) is 3.54. The maximum absolute atomic E-state index is 12.9. The molecule has 0 aromatic heterocycles. The van der Waals surface area contributed by atoms with Crippen molar-refractivity contribution in [3.63, 3.8) is 0 Å². The van der Waals surface area contributed by atoms with Crippen LogP contribution in [0.5, 0.6) is 0 Å². The minimum Gasteiger partial charge on any atom is -0.207 e. The van der Waals surface area contributed by atoms with E-state index >= 15 is 0 Å². The molecule has 0 amide bonds.